The van der Waals surface area contributed by atoms with Crippen molar-refractivity contribution < 1.29 is 9.47 Å². The first kappa shape index (κ1) is 20.1. The van der Waals surface area contributed by atoms with E-state index in [2.05, 4.69) is 46.3 Å². The molecule has 7 nitrogen and oxygen atoms in total. The summed E-state index contributed by atoms with van der Waals surface area (Å²) >= 11 is 0. The van der Waals surface area contributed by atoms with Crippen LogP contribution in [0.25, 0.3) is 0 Å². The molecule has 0 unspecified atom stereocenters. The maximum atomic E-state index is 5.86. The van der Waals surface area contributed by atoms with Crippen LogP contribution in [0.5, 0.6) is 5.88 Å². The monoisotopic (exact) mass is 383 g/mol. The normalized spacial score (nSPS) is 15.0. The highest BCUT2D eigenvalue weighted by Gasteiger charge is 2.17. The van der Waals surface area contributed by atoms with Gasteiger partial charge in [-0.2, -0.15) is 5.10 Å². The molecule has 2 heterocycles. The second-order valence-electron chi connectivity index (χ2n) is 6.88. The SMILES string of the molecule is CNCCOc1cc(N2CCOCC2)cc(C(=NN)c2ccc(C)c(C)c2)n1. The van der Waals surface area contributed by atoms with Crippen molar-refractivity contribution >= 4 is 11.4 Å². The van der Waals surface area contributed by atoms with Gasteiger partial charge in [0, 0.05) is 37.0 Å². The predicted octanol–water partition coefficient (Wildman–Crippen LogP) is 1.84. The Labute approximate surface area is 166 Å². The highest BCUT2D eigenvalue weighted by molar-refractivity contribution is 6.12. The summed E-state index contributed by atoms with van der Waals surface area (Å²) in [5, 5.41) is 7.14. The fraction of sp³-hybridized carbons (Fsp3) is 0.429. The van der Waals surface area contributed by atoms with Gasteiger partial charge in [0.05, 0.1) is 18.9 Å². The smallest absolute Gasteiger partial charge is 0.215 e. The van der Waals surface area contributed by atoms with E-state index in [0.717, 1.165) is 30.9 Å². The van der Waals surface area contributed by atoms with E-state index < -0.39 is 0 Å². The average Bonchev–Trinajstić information content (AvgIpc) is 2.72. The van der Waals surface area contributed by atoms with Crippen LogP contribution in [0.4, 0.5) is 5.69 Å². The summed E-state index contributed by atoms with van der Waals surface area (Å²) in [7, 11) is 1.89. The van der Waals surface area contributed by atoms with Crippen molar-refractivity contribution in [1.82, 2.24) is 10.3 Å². The molecule has 1 aromatic carbocycles. The predicted molar refractivity (Wildman–Crippen MR) is 112 cm³/mol. The first-order chi connectivity index (χ1) is 13.6. The number of morpholine rings is 1. The van der Waals surface area contributed by atoms with E-state index in [1.165, 1.54) is 11.1 Å². The van der Waals surface area contributed by atoms with Crippen LogP contribution in [-0.2, 0) is 4.74 Å². The number of hydrogen-bond acceptors (Lipinski definition) is 7. The number of aryl methyl sites for hydroxylation is 2. The van der Waals surface area contributed by atoms with E-state index in [9.17, 15) is 0 Å². The first-order valence-electron chi connectivity index (χ1n) is 9.60. The Morgan fingerprint density at radius 1 is 1.21 bits per heavy atom. The first-order valence-corrected chi connectivity index (χ1v) is 9.60. The Morgan fingerprint density at radius 3 is 2.68 bits per heavy atom. The molecule has 1 fully saturated rings. The zero-order valence-electron chi connectivity index (χ0n) is 16.9. The van der Waals surface area contributed by atoms with Crippen molar-refractivity contribution in [1.29, 1.82) is 0 Å². The number of benzene rings is 1. The van der Waals surface area contributed by atoms with Gasteiger partial charge in [0.1, 0.15) is 12.3 Å². The van der Waals surface area contributed by atoms with Crippen LogP contribution in [0.15, 0.2) is 35.4 Å². The summed E-state index contributed by atoms with van der Waals surface area (Å²) in [4.78, 5) is 6.95. The summed E-state index contributed by atoms with van der Waals surface area (Å²) in [5.41, 5.74) is 5.75. The molecular weight excluding hydrogens is 354 g/mol. The van der Waals surface area contributed by atoms with Gasteiger partial charge in [-0.05, 0) is 44.2 Å². The Hall–Kier alpha value is -2.64. The highest BCUT2D eigenvalue weighted by atomic mass is 16.5. The third-order valence-electron chi connectivity index (χ3n) is 4.92. The molecule has 1 aliphatic heterocycles. The lowest BCUT2D eigenvalue weighted by atomic mass is 10.0. The molecule has 0 amide bonds. The lowest BCUT2D eigenvalue weighted by Crippen LogP contribution is -2.36. The number of nitrogens with zero attached hydrogens (tertiary/aromatic N) is 3. The molecule has 2 aromatic rings. The van der Waals surface area contributed by atoms with Crippen LogP contribution in [0.2, 0.25) is 0 Å². The zero-order chi connectivity index (χ0) is 19.9. The van der Waals surface area contributed by atoms with Crippen molar-refractivity contribution in [3.8, 4) is 5.88 Å². The van der Waals surface area contributed by atoms with Gasteiger partial charge in [-0.25, -0.2) is 4.98 Å². The van der Waals surface area contributed by atoms with Crippen molar-refractivity contribution in [2.75, 3.05) is 51.4 Å². The molecule has 3 N–H and O–H groups in total. The fourth-order valence-electron chi connectivity index (χ4n) is 3.13. The van der Waals surface area contributed by atoms with Gasteiger partial charge in [0.2, 0.25) is 5.88 Å². The molecule has 7 heteroatoms. The Kier molecular flexibility index (Phi) is 6.84. The summed E-state index contributed by atoms with van der Waals surface area (Å²) in [6.07, 6.45) is 0. The van der Waals surface area contributed by atoms with E-state index in [4.69, 9.17) is 15.3 Å². The van der Waals surface area contributed by atoms with Crippen LogP contribution in [0.1, 0.15) is 22.4 Å². The molecule has 150 valence electrons. The van der Waals surface area contributed by atoms with Gasteiger partial charge in [0.15, 0.2) is 0 Å². The maximum absolute atomic E-state index is 5.86. The van der Waals surface area contributed by atoms with Gasteiger partial charge >= 0.3 is 0 Å². The van der Waals surface area contributed by atoms with Crippen LogP contribution in [0.3, 0.4) is 0 Å². The summed E-state index contributed by atoms with van der Waals surface area (Å²) in [6.45, 7) is 8.53. The quantitative estimate of drug-likeness (QED) is 0.328. The van der Waals surface area contributed by atoms with Gasteiger partial charge in [0.25, 0.3) is 0 Å². The number of pyridine rings is 1. The fourth-order valence-corrected chi connectivity index (χ4v) is 3.13. The molecule has 0 saturated carbocycles. The minimum Gasteiger partial charge on any atom is -0.476 e. The van der Waals surface area contributed by atoms with Crippen LogP contribution >= 0.6 is 0 Å². The summed E-state index contributed by atoms with van der Waals surface area (Å²) in [5.74, 6) is 6.36. The van der Waals surface area contributed by atoms with E-state index in [-0.39, 0.29) is 0 Å². The number of hydrogen-bond donors (Lipinski definition) is 2. The molecule has 0 atom stereocenters. The number of likely N-dealkylation sites (N-methyl/N-ethyl adjacent to an activating group) is 1. The van der Waals surface area contributed by atoms with Crippen LogP contribution in [-0.4, -0.2) is 57.2 Å². The molecule has 1 aromatic heterocycles. The second-order valence-corrected chi connectivity index (χ2v) is 6.88. The molecular formula is C21H29N5O2. The van der Waals surface area contributed by atoms with Gasteiger partial charge in [-0.15, -0.1) is 0 Å². The summed E-state index contributed by atoms with van der Waals surface area (Å²) in [6, 6.07) is 10.2. The number of aromatic nitrogens is 1. The number of rotatable bonds is 7. The lowest BCUT2D eigenvalue weighted by Gasteiger charge is -2.29. The molecule has 3 rings (SSSR count). The van der Waals surface area contributed by atoms with E-state index in [1.807, 2.05) is 25.2 Å². The largest absolute Gasteiger partial charge is 0.476 e. The molecule has 0 aliphatic carbocycles. The molecule has 1 saturated heterocycles. The molecule has 28 heavy (non-hydrogen) atoms. The van der Waals surface area contributed by atoms with E-state index >= 15 is 0 Å². The third-order valence-corrected chi connectivity index (χ3v) is 4.92. The van der Waals surface area contributed by atoms with E-state index in [1.54, 1.807) is 0 Å². The zero-order valence-corrected chi connectivity index (χ0v) is 16.9. The number of hydrazone groups is 1. The minimum absolute atomic E-state index is 0.536. The van der Waals surface area contributed by atoms with Gasteiger partial charge < -0.3 is 25.5 Å². The third kappa shape index (κ3) is 4.79. The Morgan fingerprint density at radius 2 is 2.00 bits per heavy atom. The number of ether oxygens (including phenoxy) is 2. The topological polar surface area (TPSA) is 85.0 Å². The number of nitrogens with one attached hydrogen (secondary N) is 1. The maximum Gasteiger partial charge on any atom is 0.215 e. The van der Waals surface area contributed by atoms with Crippen LogP contribution < -0.4 is 20.8 Å². The standard InChI is InChI=1S/C21H29N5O2/c1-15-4-5-17(12-16(15)2)21(25-22)19-13-18(26-7-10-27-11-8-26)14-20(24-19)28-9-6-23-3/h4-5,12-14,23H,6-11,22H2,1-3H3. The molecule has 0 bridgehead atoms. The lowest BCUT2D eigenvalue weighted by molar-refractivity contribution is 0.122. The van der Waals surface area contributed by atoms with Gasteiger partial charge in [-0.1, -0.05) is 12.1 Å². The Bertz CT molecular complexity index is 832. The molecule has 0 spiro atoms. The Balaban J connectivity index is 1.98. The number of nitrogens with two attached hydrogens (primary N) is 1. The second kappa shape index (κ2) is 9.52. The van der Waals surface area contributed by atoms with E-state index in [0.29, 0.717) is 37.1 Å². The number of anilines is 1. The van der Waals surface area contributed by atoms with Crippen molar-refractivity contribution in [3.63, 3.8) is 0 Å². The molecule has 1 aliphatic rings. The minimum atomic E-state index is 0.536. The average molecular weight is 383 g/mol. The van der Waals surface area contributed by atoms with Gasteiger partial charge in [-0.3, -0.25) is 0 Å². The molecule has 0 radical (unpaired) electrons. The van der Waals surface area contributed by atoms with Crippen molar-refractivity contribution in [2.24, 2.45) is 10.9 Å². The van der Waals surface area contributed by atoms with Crippen molar-refractivity contribution in [2.45, 2.75) is 13.8 Å². The van der Waals surface area contributed by atoms with Crippen molar-refractivity contribution in [3.05, 3.63) is 52.7 Å². The van der Waals surface area contributed by atoms with Crippen LogP contribution in [0, 0.1) is 13.8 Å². The highest BCUT2D eigenvalue weighted by Crippen LogP contribution is 2.24. The summed E-state index contributed by atoms with van der Waals surface area (Å²) < 4.78 is 11.3.